The van der Waals surface area contributed by atoms with E-state index in [1.165, 1.54) is 7.11 Å². The van der Waals surface area contributed by atoms with Gasteiger partial charge in [0.2, 0.25) is 0 Å². The normalized spacial score (nSPS) is 11.5. The number of hydrogen-bond donors (Lipinski definition) is 0. The molecule has 0 aromatic rings. The quantitative estimate of drug-likeness (QED) is 0.274. The van der Waals surface area contributed by atoms with Gasteiger partial charge in [-0.2, -0.15) is 0 Å². The fraction of sp³-hybridized carbons (Fsp3) is 0.857. The molecule has 0 aliphatic rings. The summed E-state index contributed by atoms with van der Waals surface area (Å²) in [5.41, 5.74) is 8.13. The van der Waals surface area contributed by atoms with Crippen molar-refractivity contribution in [3.05, 3.63) is 10.4 Å². The van der Waals surface area contributed by atoms with E-state index in [-0.39, 0.29) is 0 Å². The van der Waals surface area contributed by atoms with Crippen LogP contribution < -0.4 is 0 Å². The minimum absolute atomic E-state index is 0.457. The Hall–Kier alpha value is -1.22. The van der Waals surface area contributed by atoms with E-state index in [2.05, 4.69) is 14.8 Å². The highest BCUT2D eigenvalue weighted by Crippen LogP contribution is 2.06. The van der Waals surface area contributed by atoms with Crippen LogP contribution in [0, 0.1) is 0 Å². The summed E-state index contributed by atoms with van der Waals surface area (Å²) in [6.45, 7) is 2.00. The predicted molar refractivity (Wildman–Crippen MR) is 44.5 cm³/mol. The molecule has 0 heterocycles. The van der Waals surface area contributed by atoms with E-state index >= 15 is 0 Å². The third-order valence-corrected chi connectivity index (χ3v) is 1.50. The number of esters is 1. The number of nitrogens with zero attached hydrogens (tertiary/aromatic N) is 3. The first-order valence-electron chi connectivity index (χ1n) is 3.88. The fourth-order valence-electron chi connectivity index (χ4n) is 0.819. The Morgan fingerprint density at radius 3 is 2.83 bits per heavy atom. The smallest absolute Gasteiger partial charge is 0.314 e. The van der Waals surface area contributed by atoms with Crippen LogP contribution in [0.2, 0.25) is 0 Å². The second-order valence-electron chi connectivity index (χ2n) is 2.39. The van der Waals surface area contributed by atoms with Gasteiger partial charge in [0.25, 0.3) is 0 Å². The molecule has 0 saturated heterocycles. The lowest BCUT2D eigenvalue weighted by Gasteiger charge is -2.06. The topological polar surface area (TPSA) is 75.1 Å². The Morgan fingerprint density at radius 1 is 1.75 bits per heavy atom. The first-order valence-corrected chi connectivity index (χ1v) is 3.88. The first-order chi connectivity index (χ1) is 5.76. The van der Waals surface area contributed by atoms with Gasteiger partial charge in [-0.1, -0.05) is 24.9 Å². The molecule has 5 heteroatoms. The van der Waals surface area contributed by atoms with Gasteiger partial charge in [-0.15, -0.1) is 0 Å². The Bertz CT molecular complexity index is 187. The van der Waals surface area contributed by atoms with Crippen LogP contribution in [0.4, 0.5) is 0 Å². The van der Waals surface area contributed by atoms with Crippen molar-refractivity contribution in [1.29, 1.82) is 0 Å². The standard InChI is InChI=1S/C7H13N3O2/c1-3-4-5-6(9-10-8)7(11)12-2/h6H,3-5H2,1-2H3/t6-/m0/s1. The second-order valence-corrected chi connectivity index (χ2v) is 2.39. The maximum absolute atomic E-state index is 10.9. The molecule has 12 heavy (non-hydrogen) atoms. The van der Waals surface area contributed by atoms with Gasteiger partial charge in [-0.25, -0.2) is 0 Å². The summed E-state index contributed by atoms with van der Waals surface area (Å²) in [6.07, 6.45) is 2.39. The van der Waals surface area contributed by atoms with E-state index in [1.807, 2.05) is 6.92 Å². The molecule has 5 nitrogen and oxygen atoms in total. The second kappa shape index (κ2) is 6.49. The van der Waals surface area contributed by atoms with Crippen molar-refractivity contribution in [2.75, 3.05) is 7.11 Å². The minimum Gasteiger partial charge on any atom is -0.469 e. The van der Waals surface area contributed by atoms with Crippen LogP contribution in [0.5, 0.6) is 0 Å². The number of unbranched alkanes of at least 4 members (excludes halogenated alkanes) is 1. The van der Waals surface area contributed by atoms with Gasteiger partial charge in [0.15, 0.2) is 0 Å². The average molecular weight is 171 g/mol. The Balaban J connectivity index is 4.03. The van der Waals surface area contributed by atoms with Gasteiger partial charge in [0, 0.05) is 4.91 Å². The fourth-order valence-corrected chi connectivity index (χ4v) is 0.819. The van der Waals surface area contributed by atoms with Crippen LogP contribution in [0.15, 0.2) is 5.11 Å². The molecule has 1 atom stereocenters. The maximum atomic E-state index is 10.9. The molecule has 0 fully saturated rings. The van der Waals surface area contributed by atoms with Gasteiger partial charge in [0.1, 0.15) is 6.04 Å². The SMILES string of the molecule is CCCC[C@H](N=[N+]=[N-])C(=O)OC. The van der Waals surface area contributed by atoms with Crippen molar-refractivity contribution in [2.45, 2.75) is 32.2 Å². The van der Waals surface area contributed by atoms with Crippen LogP contribution in [-0.2, 0) is 9.53 Å². The third kappa shape index (κ3) is 3.83. The zero-order valence-electron chi connectivity index (χ0n) is 7.36. The van der Waals surface area contributed by atoms with Gasteiger partial charge >= 0.3 is 5.97 Å². The maximum Gasteiger partial charge on any atom is 0.314 e. The lowest BCUT2D eigenvalue weighted by Crippen LogP contribution is -2.19. The van der Waals surface area contributed by atoms with Crippen LogP contribution in [0.25, 0.3) is 10.4 Å². The molecule has 0 spiro atoms. The van der Waals surface area contributed by atoms with Crippen molar-refractivity contribution in [3.8, 4) is 0 Å². The molecule has 0 amide bonds. The molecule has 0 radical (unpaired) electrons. The highest BCUT2D eigenvalue weighted by molar-refractivity contribution is 5.75. The summed E-state index contributed by atoms with van der Waals surface area (Å²) in [6, 6.07) is -0.653. The number of azide groups is 1. The minimum atomic E-state index is -0.653. The molecule has 0 aliphatic heterocycles. The zero-order valence-corrected chi connectivity index (χ0v) is 7.36. The Kier molecular flexibility index (Phi) is 5.83. The monoisotopic (exact) mass is 171 g/mol. The van der Waals surface area contributed by atoms with E-state index < -0.39 is 12.0 Å². The van der Waals surface area contributed by atoms with Crippen LogP contribution in [0.1, 0.15) is 26.2 Å². The molecule has 0 rings (SSSR count). The predicted octanol–water partition coefficient (Wildman–Crippen LogP) is 2.03. The third-order valence-electron chi connectivity index (χ3n) is 1.50. The van der Waals surface area contributed by atoms with E-state index in [4.69, 9.17) is 5.53 Å². The molecule has 0 N–H and O–H groups in total. The van der Waals surface area contributed by atoms with Crippen molar-refractivity contribution in [3.63, 3.8) is 0 Å². The molecule has 0 saturated carbocycles. The number of hydrogen-bond acceptors (Lipinski definition) is 3. The Morgan fingerprint density at radius 2 is 2.42 bits per heavy atom. The van der Waals surface area contributed by atoms with Crippen LogP contribution in [-0.4, -0.2) is 19.1 Å². The van der Waals surface area contributed by atoms with Gasteiger partial charge in [0.05, 0.1) is 7.11 Å². The molecular formula is C7H13N3O2. The van der Waals surface area contributed by atoms with Gasteiger partial charge in [-0.3, -0.25) is 4.79 Å². The molecule has 0 aromatic carbocycles. The van der Waals surface area contributed by atoms with Crippen LogP contribution >= 0.6 is 0 Å². The summed E-state index contributed by atoms with van der Waals surface area (Å²) < 4.78 is 4.46. The van der Waals surface area contributed by atoms with E-state index in [1.54, 1.807) is 0 Å². The summed E-state index contributed by atoms with van der Waals surface area (Å²) in [7, 11) is 1.29. The number of carbonyl (C=O) groups excluding carboxylic acids is 1. The Labute approximate surface area is 71.3 Å². The van der Waals surface area contributed by atoms with E-state index in [0.29, 0.717) is 6.42 Å². The number of carbonyl (C=O) groups is 1. The van der Waals surface area contributed by atoms with Crippen molar-refractivity contribution in [2.24, 2.45) is 5.11 Å². The molecule has 0 unspecified atom stereocenters. The molecule has 0 aliphatic carbocycles. The summed E-state index contributed by atoms with van der Waals surface area (Å²) in [5.74, 6) is -0.457. The lowest BCUT2D eigenvalue weighted by atomic mass is 10.1. The summed E-state index contributed by atoms with van der Waals surface area (Å²) >= 11 is 0. The molecule has 0 bridgehead atoms. The molecular weight excluding hydrogens is 158 g/mol. The number of rotatable bonds is 5. The van der Waals surface area contributed by atoms with Gasteiger partial charge in [-0.05, 0) is 12.0 Å². The van der Waals surface area contributed by atoms with Crippen molar-refractivity contribution < 1.29 is 9.53 Å². The highest BCUT2D eigenvalue weighted by Gasteiger charge is 2.15. The van der Waals surface area contributed by atoms with Crippen LogP contribution in [0.3, 0.4) is 0 Å². The van der Waals surface area contributed by atoms with Crippen molar-refractivity contribution >= 4 is 5.97 Å². The largest absolute Gasteiger partial charge is 0.469 e. The molecule has 0 aromatic heterocycles. The van der Waals surface area contributed by atoms with E-state index in [9.17, 15) is 4.79 Å². The number of methoxy groups -OCH3 is 1. The van der Waals surface area contributed by atoms with Crippen molar-refractivity contribution in [1.82, 2.24) is 0 Å². The molecule has 68 valence electrons. The summed E-state index contributed by atoms with van der Waals surface area (Å²) in [5, 5.41) is 3.34. The lowest BCUT2D eigenvalue weighted by molar-refractivity contribution is -0.142. The highest BCUT2D eigenvalue weighted by atomic mass is 16.5. The average Bonchev–Trinajstić information content (AvgIpc) is 2.11. The van der Waals surface area contributed by atoms with E-state index in [0.717, 1.165) is 12.8 Å². The van der Waals surface area contributed by atoms with Gasteiger partial charge < -0.3 is 4.74 Å². The summed E-state index contributed by atoms with van der Waals surface area (Å²) in [4.78, 5) is 13.5. The first kappa shape index (κ1) is 10.8. The zero-order chi connectivity index (χ0) is 9.40. The number of ether oxygens (including phenoxy) is 1.